The molecule has 1 aromatic heterocycles. The van der Waals surface area contributed by atoms with E-state index in [1.807, 2.05) is 0 Å². The van der Waals surface area contributed by atoms with Crippen molar-refractivity contribution in [1.29, 1.82) is 0 Å². The molecule has 1 aliphatic rings. The van der Waals surface area contributed by atoms with Crippen molar-refractivity contribution in [2.75, 3.05) is 0 Å². The van der Waals surface area contributed by atoms with Gasteiger partial charge in [-0.2, -0.15) is 8.42 Å². The Bertz CT molecular complexity index is 919. The number of carboxylic acids is 2. The lowest BCUT2D eigenvalue weighted by molar-refractivity contribution is -0.136. The van der Waals surface area contributed by atoms with E-state index in [-0.39, 0.29) is 30.7 Å². The molecule has 0 saturated heterocycles. The van der Waals surface area contributed by atoms with Gasteiger partial charge in [0, 0.05) is 12.0 Å². The maximum Gasteiger partial charge on any atom is 0.372 e. The van der Waals surface area contributed by atoms with Crippen molar-refractivity contribution in [3.63, 3.8) is 0 Å². The molecule has 160 valence electrons. The smallest absolute Gasteiger partial charge is 0.372 e. The second-order valence-electron chi connectivity index (χ2n) is 6.89. The number of carbonyl (C=O) groups excluding carboxylic acids is 1. The van der Waals surface area contributed by atoms with Crippen LogP contribution in [0.4, 0.5) is 0 Å². The second kappa shape index (κ2) is 9.70. The molecular weight excluding hydrogens is 406 g/mol. The maximum absolute atomic E-state index is 12.3. The first-order valence-corrected chi connectivity index (χ1v) is 10.6. The van der Waals surface area contributed by atoms with Crippen LogP contribution in [0.1, 0.15) is 66.8 Å². The fourth-order valence-corrected chi connectivity index (χ4v) is 3.93. The lowest BCUT2D eigenvalue weighted by atomic mass is 9.88. The lowest BCUT2D eigenvalue weighted by Crippen LogP contribution is -2.23. The molecule has 0 spiro atoms. The number of amides is 1. The van der Waals surface area contributed by atoms with Crippen LogP contribution in [0.5, 0.6) is 0 Å². The number of allylic oxidation sites excluding steroid dienone is 1. The molecule has 1 aliphatic carbocycles. The van der Waals surface area contributed by atoms with E-state index in [9.17, 15) is 22.8 Å². The number of aromatic carboxylic acids is 1. The van der Waals surface area contributed by atoms with Crippen molar-refractivity contribution in [2.45, 2.75) is 57.2 Å². The Kier molecular flexibility index (Phi) is 7.57. The van der Waals surface area contributed by atoms with Gasteiger partial charge in [0.15, 0.2) is 0 Å². The van der Waals surface area contributed by atoms with E-state index >= 15 is 0 Å². The molecule has 11 heteroatoms. The summed E-state index contributed by atoms with van der Waals surface area (Å²) in [5, 5.41) is 20.7. The Morgan fingerprint density at radius 2 is 1.72 bits per heavy atom. The molecule has 0 bridgehead atoms. The van der Waals surface area contributed by atoms with E-state index in [0.717, 1.165) is 43.7 Å². The molecule has 1 heterocycles. The number of carbonyl (C=O) groups is 3. The Hall–Kier alpha value is -2.66. The van der Waals surface area contributed by atoms with E-state index in [4.69, 9.17) is 19.2 Å². The van der Waals surface area contributed by atoms with Gasteiger partial charge < -0.3 is 19.9 Å². The third kappa shape index (κ3) is 7.35. The maximum atomic E-state index is 12.3. The Morgan fingerprint density at radius 1 is 1.07 bits per heavy atom. The van der Waals surface area contributed by atoms with Crippen LogP contribution in [0.25, 0.3) is 0 Å². The predicted octanol–water partition coefficient (Wildman–Crippen LogP) is 2.11. The molecule has 4 N–H and O–H groups in total. The van der Waals surface area contributed by atoms with Crippen LogP contribution < -0.4 is 5.32 Å². The standard InChI is InChI=1S/C18H23NO9S/c20-15(7-12(8-16(21)22)11-4-2-1-3-5-11)19-9-14-6-13(10-29(25,26)27)17(28-14)18(23)24/h6H,1-5,7-10H2,(H,19,20)(H,21,22)(H,23,24)(H,25,26,27). The van der Waals surface area contributed by atoms with Crippen LogP contribution >= 0.6 is 0 Å². The highest BCUT2D eigenvalue weighted by Crippen LogP contribution is 2.28. The minimum absolute atomic E-state index is 0.000459. The zero-order valence-electron chi connectivity index (χ0n) is 15.6. The molecule has 0 aliphatic heterocycles. The van der Waals surface area contributed by atoms with Gasteiger partial charge in [-0.3, -0.25) is 14.1 Å². The summed E-state index contributed by atoms with van der Waals surface area (Å²) in [7, 11) is -4.46. The zero-order chi connectivity index (χ0) is 21.6. The van der Waals surface area contributed by atoms with Crippen molar-refractivity contribution < 1.29 is 42.0 Å². The van der Waals surface area contributed by atoms with Crippen LogP contribution in [-0.4, -0.2) is 41.0 Å². The monoisotopic (exact) mass is 429 g/mol. The fourth-order valence-electron chi connectivity index (χ4n) is 3.33. The van der Waals surface area contributed by atoms with Gasteiger partial charge in [0.1, 0.15) is 11.5 Å². The highest BCUT2D eigenvalue weighted by Gasteiger charge is 2.22. The molecule has 1 fully saturated rings. The number of nitrogens with one attached hydrogen (secondary N) is 1. The molecule has 29 heavy (non-hydrogen) atoms. The van der Waals surface area contributed by atoms with Gasteiger partial charge in [0.2, 0.25) is 11.7 Å². The summed E-state index contributed by atoms with van der Waals surface area (Å²) in [5.74, 6) is -4.54. The molecule has 1 saturated carbocycles. The molecule has 1 amide bonds. The minimum Gasteiger partial charge on any atom is -0.481 e. The summed E-state index contributed by atoms with van der Waals surface area (Å²) in [6.07, 6.45) is 4.23. The average molecular weight is 429 g/mol. The van der Waals surface area contributed by atoms with Crippen LogP contribution in [0.15, 0.2) is 21.6 Å². The van der Waals surface area contributed by atoms with Gasteiger partial charge in [-0.15, -0.1) is 0 Å². The number of hydrogen-bond acceptors (Lipinski definition) is 6. The van der Waals surface area contributed by atoms with E-state index in [1.165, 1.54) is 0 Å². The SMILES string of the molecule is O=C(O)CC(CC(=O)NCc1cc(CS(=O)(=O)O)c(C(=O)O)o1)=C1CCCCC1. The average Bonchev–Trinajstić information content (AvgIpc) is 3.01. The van der Waals surface area contributed by atoms with E-state index in [1.54, 1.807) is 0 Å². The van der Waals surface area contributed by atoms with Crippen LogP contribution in [0.3, 0.4) is 0 Å². The quantitative estimate of drug-likeness (QED) is 0.339. The fraction of sp³-hybridized carbons (Fsp3) is 0.500. The number of hydrogen-bond donors (Lipinski definition) is 4. The van der Waals surface area contributed by atoms with Gasteiger partial charge >= 0.3 is 11.9 Å². The lowest BCUT2D eigenvalue weighted by Gasteiger charge is -2.18. The summed E-state index contributed by atoms with van der Waals surface area (Å²) in [6.45, 7) is -0.208. The van der Waals surface area contributed by atoms with Crippen molar-refractivity contribution in [2.24, 2.45) is 0 Å². The molecule has 0 unspecified atom stereocenters. The topological polar surface area (TPSA) is 171 Å². The van der Waals surface area contributed by atoms with Crippen molar-refractivity contribution in [3.8, 4) is 0 Å². The summed E-state index contributed by atoms with van der Waals surface area (Å²) in [6, 6.07) is 1.13. The highest BCUT2D eigenvalue weighted by molar-refractivity contribution is 7.85. The molecule has 2 rings (SSSR count). The largest absolute Gasteiger partial charge is 0.481 e. The van der Waals surface area contributed by atoms with Gasteiger partial charge in [-0.25, -0.2) is 4.79 Å². The number of aliphatic carboxylic acids is 1. The summed E-state index contributed by atoms with van der Waals surface area (Å²) < 4.78 is 36.0. The molecule has 0 atom stereocenters. The Balaban J connectivity index is 2.06. The predicted molar refractivity (Wildman–Crippen MR) is 99.7 cm³/mol. The van der Waals surface area contributed by atoms with Crippen LogP contribution in [0, 0.1) is 0 Å². The van der Waals surface area contributed by atoms with Crippen LogP contribution in [0.2, 0.25) is 0 Å². The normalized spacial score (nSPS) is 14.4. The van der Waals surface area contributed by atoms with Crippen LogP contribution in [-0.2, 0) is 32.0 Å². The Morgan fingerprint density at radius 3 is 2.28 bits per heavy atom. The number of rotatable bonds is 9. The molecule has 1 aromatic rings. The van der Waals surface area contributed by atoms with E-state index in [2.05, 4.69) is 5.32 Å². The third-order valence-corrected chi connectivity index (χ3v) is 5.22. The first-order valence-electron chi connectivity index (χ1n) is 9.03. The summed E-state index contributed by atoms with van der Waals surface area (Å²) in [5.41, 5.74) is 1.34. The van der Waals surface area contributed by atoms with E-state index < -0.39 is 39.5 Å². The second-order valence-corrected chi connectivity index (χ2v) is 8.34. The number of furan rings is 1. The first kappa shape index (κ1) is 22.6. The van der Waals surface area contributed by atoms with Gasteiger partial charge in [0.25, 0.3) is 10.1 Å². The van der Waals surface area contributed by atoms with E-state index in [0.29, 0.717) is 5.57 Å². The van der Waals surface area contributed by atoms with Gasteiger partial charge in [-0.05, 0) is 31.7 Å². The molecular formula is C18H23NO9S. The highest BCUT2D eigenvalue weighted by atomic mass is 32.2. The van der Waals surface area contributed by atoms with Crippen molar-refractivity contribution in [1.82, 2.24) is 5.32 Å². The zero-order valence-corrected chi connectivity index (χ0v) is 16.5. The summed E-state index contributed by atoms with van der Waals surface area (Å²) >= 11 is 0. The minimum atomic E-state index is -4.46. The molecule has 0 aromatic carbocycles. The third-order valence-electron chi connectivity index (χ3n) is 4.55. The van der Waals surface area contributed by atoms with Gasteiger partial charge in [0.05, 0.1) is 13.0 Å². The van der Waals surface area contributed by atoms with Gasteiger partial charge in [-0.1, -0.05) is 17.6 Å². The summed E-state index contributed by atoms with van der Waals surface area (Å²) in [4.78, 5) is 34.6. The van der Waals surface area contributed by atoms with Crippen molar-refractivity contribution in [3.05, 3.63) is 34.3 Å². The number of carboxylic acid groups (broad SMARTS) is 2. The van der Waals surface area contributed by atoms with Crippen molar-refractivity contribution >= 4 is 28.0 Å². The first-order chi connectivity index (χ1) is 13.5. The Labute approximate surface area is 167 Å². The molecule has 10 nitrogen and oxygen atoms in total. The molecule has 0 radical (unpaired) electrons.